The highest BCUT2D eigenvalue weighted by atomic mass is 79.9. The molecule has 1 heterocycles. The number of hydrogen-bond donors (Lipinski definition) is 0. The van der Waals surface area contributed by atoms with Crippen molar-refractivity contribution in [1.29, 1.82) is 0 Å². The number of aryl methyl sites for hydroxylation is 1. The minimum absolute atomic E-state index is 0.242. The Morgan fingerprint density at radius 1 is 1.43 bits per heavy atom. The quantitative estimate of drug-likeness (QED) is 0.739. The molecule has 0 saturated heterocycles. The molecule has 0 atom stereocenters. The van der Waals surface area contributed by atoms with Crippen LogP contribution in [-0.4, -0.2) is 42.4 Å². The number of nitrogens with zero attached hydrogens (tertiary/aromatic N) is 2. The van der Waals surface area contributed by atoms with Crippen LogP contribution in [0.15, 0.2) is 21.5 Å². The molecule has 120 valence electrons. The second-order valence-electron chi connectivity index (χ2n) is 4.56. The van der Waals surface area contributed by atoms with Gasteiger partial charge in [-0.05, 0) is 28.9 Å². The molecule has 0 N–H and O–H groups in total. The predicted octanol–water partition coefficient (Wildman–Crippen LogP) is 2.89. The maximum Gasteiger partial charge on any atom is 0.401 e. The Morgan fingerprint density at radius 3 is 2.62 bits per heavy atom. The van der Waals surface area contributed by atoms with Gasteiger partial charge in [0.1, 0.15) is 5.75 Å². The molecule has 1 aromatic heterocycles. The van der Waals surface area contributed by atoms with E-state index in [0.29, 0.717) is 29.7 Å². The van der Waals surface area contributed by atoms with Gasteiger partial charge < -0.3 is 9.30 Å². The smallest absolute Gasteiger partial charge is 0.401 e. The van der Waals surface area contributed by atoms with Crippen LogP contribution in [0.4, 0.5) is 13.2 Å². The molecule has 0 unspecified atom stereocenters. The molecule has 8 heteroatoms. The van der Waals surface area contributed by atoms with Crippen molar-refractivity contribution in [2.45, 2.75) is 26.1 Å². The van der Waals surface area contributed by atoms with Crippen LogP contribution in [0.3, 0.4) is 0 Å². The largest absolute Gasteiger partial charge is 0.495 e. The number of hydrogen-bond acceptors (Lipinski definition) is 3. The summed E-state index contributed by atoms with van der Waals surface area (Å²) >= 11 is 3.27. The van der Waals surface area contributed by atoms with Crippen molar-refractivity contribution in [3.8, 4) is 5.75 Å². The third-order valence-electron chi connectivity index (χ3n) is 2.99. The minimum atomic E-state index is -4.20. The van der Waals surface area contributed by atoms with Crippen molar-refractivity contribution in [1.82, 2.24) is 9.47 Å². The number of halogens is 4. The third-order valence-corrected chi connectivity index (χ3v) is 3.58. The summed E-state index contributed by atoms with van der Waals surface area (Å²) in [6, 6.07) is 1.34. The topological polar surface area (TPSA) is 34.5 Å². The number of methoxy groups -OCH3 is 1. The van der Waals surface area contributed by atoms with Crippen LogP contribution in [0.25, 0.3) is 0 Å². The van der Waals surface area contributed by atoms with E-state index in [2.05, 4.69) is 15.9 Å². The van der Waals surface area contributed by atoms with Crippen LogP contribution in [0, 0.1) is 0 Å². The predicted molar refractivity (Wildman–Crippen MR) is 77.7 cm³/mol. The summed E-state index contributed by atoms with van der Waals surface area (Å²) in [4.78, 5) is 13.1. The molecule has 0 aliphatic heterocycles. The summed E-state index contributed by atoms with van der Waals surface area (Å²) in [5.74, 6) is 0.434. The van der Waals surface area contributed by atoms with Gasteiger partial charge in [-0.1, -0.05) is 6.92 Å². The third kappa shape index (κ3) is 6.09. The van der Waals surface area contributed by atoms with Gasteiger partial charge >= 0.3 is 6.18 Å². The molecule has 0 amide bonds. The van der Waals surface area contributed by atoms with Crippen LogP contribution in [0.2, 0.25) is 0 Å². The van der Waals surface area contributed by atoms with E-state index in [1.54, 1.807) is 13.1 Å². The summed E-state index contributed by atoms with van der Waals surface area (Å²) in [6.07, 6.45) is -2.15. The van der Waals surface area contributed by atoms with Gasteiger partial charge in [-0.25, -0.2) is 0 Å². The standard InChI is InChI=1S/C13H18BrF3N2O2/c1-3-18(9-13(15,16)17)5-4-6-19-8-10(14)11(21-2)7-12(19)20/h7-8H,3-6,9H2,1-2H3. The molecule has 0 bridgehead atoms. The summed E-state index contributed by atoms with van der Waals surface area (Å²) < 4.78 is 44.1. The average Bonchev–Trinajstić information content (AvgIpc) is 2.39. The molecule has 0 radical (unpaired) electrons. The van der Waals surface area contributed by atoms with Crippen LogP contribution in [0.5, 0.6) is 5.75 Å². The van der Waals surface area contributed by atoms with Gasteiger partial charge in [-0.2, -0.15) is 13.2 Å². The molecule has 0 saturated carbocycles. The monoisotopic (exact) mass is 370 g/mol. The lowest BCUT2D eigenvalue weighted by Gasteiger charge is -2.21. The highest BCUT2D eigenvalue weighted by molar-refractivity contribution is 9.10. The molecular formula is C13H18BrF3N2O2. The molecule has 0 fully saturated rings. The molecule has 4 nitrogen and oxygen atoms in total. The highest BCUT2D eigenvalue weighted by Gasteiger charge is 2.29. The normalized spacial score (nSPS) is 12.0. The first kappa shape index (κ1) is 18.0. The lowest BCUT2D eigenvalue weighted by atomic mass is 10.3. The van der Waals surface area contributed by atoms with E-state index in [4.69, 9.17) is 4.74 Å². The Morgan fingerprint density at radius 2 is 2.10 bits per heavy atom. The van der Waals surface area contributed by atoms with Crippen LogP contribution < -0.4 is 10.3 Å². The Labute approximate surface area is 129 Å². The van der Waals surface area contributed by atoms with Crippen LogP contribution in [0.1, 0.15) is 13.3 Å². The summed E-state index contributed by atoms with van der Waals surface area (Å²) in [5.41, 5.74) is -0.242. The van der Waals surface area contributed by atoms with Crippen molar-refractivity contribution >= 4 is 15.9 Å². The fraction of sp³-hybridized carbons (Fsp3) is 0.615. The van der Waals surface area contributed by atoms with Crippen LogP contribution >= 0.6 is 15.9 Å². The maximum absolute atomic E-state index is 12.3. The molecular weight excluding hydrogens is 353 g/mol. The van der Waals surface area contributed by atoms with E-state index in [0.717, 1.165) is 0 Å². The summed E-state index contributed by atoms with van der Waals surface area (Å²) in [5, 5.41) is 0. The molecule has 0 aromatic carbocycles. The molecule has 0 aliphatic carbocycles. The lowest BCUT2D eigenvalue weighted by Crippen LogP contribution is -2.35. The van der Waals surface area contributed by atoms with E-state index in [1.807, 2.05) is 0 Å². The van der Waals surface area contributed by atoms with Crippen molar-refractivity contribution < 1.29 is 17.9 Å². The Balaban J connectivity index is 2.59. The first-order valence-electron chi connectivity index (χ1n) is 6.50. The average molecular weight is 371 g/mol. The van der Waals surface area contributed by atoms with E-state index in [1.165, 1.54) is 22.6 Å². The lowest BCUT2D eigenvalue weighted by molar-refractivity contribution is -0.145. The zero-order valence-electron chi connectivity index (χ0n) is 11.9. The Kier molecular flexibility index (Phi) is 6.73. The Bertz CT molecular complexity index is 517. The van der Waals surface area contributed by atoms with Gasteiger partial charge in [0.2, 0.25) is 0 Å². The number of pyridine rings is 1. The molecule has 0 aliphatic rings. The van der Waals surface area contributed by atoms with E-state index < -0.39 is 12.7 Å². The fourth-order valence-corrected chi connectivity index (χ4v) is 2.45. The summed E-state index contributed by atoms with van der Waals surface area (Å²) in [7, 11) is 1.46. The molecule has 21 heavy (non-hydrogen) atoms. The van der Waals surface area contributed by atoms with Gasteiger partial charge in [0.25, 0.3) is 5.56 Å². The second-order valence-corrected chi connectivity index (χ2v) is 5.41. The van der Waals surface area contributed by atoms with Crippen LogP contribution in [-0.2, 0) is 6.54 Å². The maximum atomic E-state index is 12.3. The second kappa shape index (κ2) is 7.84. The van der Waals surface area contributed by atoms with E-state index in [-0.39, 0.29) is 12.1 Å². The SMILES string of the molecule is CCN(CCCn1cc(Br)c(OC)cc1=O)CC(F)(F)F. The molecule has 1 rings (SSSR count). The number of aromatic nitrogens is 1. The van der Waals surface area contributed by atoms with Crippen molar-refractivity contribution in [3.05, 3.63) is 27.1 Å². The number of ether oxygens (including phenoxy) is 1. The fourth-order valence-electron chi connectivity index (χ4n) is 1.93. The zero-order chi connectivity index (χ0) is 16.0. The molecule has 0 spiro atoms. The highest BCUT2D eigenvalue weighted by Crippen LogP contribution is 2.21. The molecule has 1 aromatic rings. The van der Waals surface area contributed by atoms with Crippen molar-refractivity contribution in [3.63, 3.8) is 0 Å². The number of alkyl halides is 3. The van der Waals surface area contributed by atoms with Gasteiger partial charge in [-0.15, -0.1) is 0 Å². The zero-order valence-corrected chi connectivity index (χ0v) is 13.5. The Hall–Kier alpha value is -1.02. The van der Waals surface area contributed by atoms with E-state index >= 15 is 0 Å². The van der Waals surface area contributed by atoms with Crippen molar-refractivity contribution in [2.24, 2.45) is 0 Å². The van der Waals surface area contributed by atoms with Crippen molar-refractivity contribution in [2.75, 3.05) is 26.7 Å². The van der Waals surface area contributed by atoms with Gasteiger partial charge in [-0.3, -0.25) is 9.69 Å². The summed E-state index contributed by atoms with van der Waals surface area (Å²) in [6.45, 7) is 1.72. The number of rotatable bonds is 7. The van der Waals surface area contributed by atoms with E-state index in [9.17, 15) is 18.0 Å². The first-order chi connectivity index (χ1) is 9.76. The minimum Gasteiger partial charge on any atom is -0.495 e. The van der Waals surface area contributed by atoms with Gasteiger partial charge in [0.15, 0.2) is 0 Å². The van der Waals surface area contributed by atoms with Gasteiger partial charge in [0.05, 0.1) is 18.1 Å². The first-order valence-corrected chi connectivity index (χ1v) is 7.29. The van der Waals surface area contributed by atoms with Gasteiger partial charge in [0, 0.05) is 25.4 Å².